The zero-order valence-corrected chi connectivity index (χ0v) is 38.0. The van der Waals surface area contributed by atoms with Gasteiger partial charge in [-0.1, -0.05) is 39.5 Å². The lowest BCUT2D eigenvalue weighted by Crippen LogP contribution is -2.46. The number of carbonyl (C=O) groups is 6. The lowest BCUT2D eigenvalue weighted by atomic mass is 9.90. The van der Waals surface area contributed by atoms with E-state index >= 15 is 0 Å². The standard InChI is InChI=1S/C42H68N6O19/c1-7-35(49)43-29-59-17-13-55-21-41(22-56-14-18-60-30-44-36(50)8-2,23-57-15-19-61-31-45-37(51)9-3)25-63-26-42(27-64-66-33-47-39(53)11-5,28-65-67-34-48-40(54)12-6)24-58-16-20-62-32-46-38(52)10-4/h7-12H,1-6,13-34H2,(H,43,49)(H,44,50)(H,45,51)(H,46,52)(H,47,53)(H,48,54). The Morgan fingerprint density at radius 2 is 0.493 bits per heavy atom. The number of hydrogen-bond acceptors (Lipinski definition) is 19. The zero-order valence-electron chi connectivity index (χ0n) is 38.0. The molecule has 0 aromatic carbocycles. The molecule has 0 radical (unpaired) electrons. The largest absolute Gasteiger partial charge is 0.380 e. The Kier molecular flexibility index (Phi) is 38.8. The first kappa shape index (κ1) is 61.7. The van der Waals surface area contributed by atoms with E-state index in [0.717, 1.165) is 36.5 Å². The molecule has 380 valence electrons. The second-order valence-corrected chi connectivity index (χ2v) is 13.4. The highest BCUT2D eigenvalue weighted by Gasteiger charge is 2.38. The molecule has 0 saturated carbocycles. The molecule has 25 heteroatoms. The van der Waals surface area contributed by atoms with Crippen molar-refractivity contribution < 1.29 is 90.9 Å². The zero-order chi connectivity index (χ0) is 49.7. The summed E-state index contributed by atoms with van der Waals surface area (Å²) in [7, 11) is 0. The van der Waals surface area contributed by atoms with E-state index in [9.17, 15) is 28.8 Å². The van der Waals surface area contributed by atoms with Gasteiger partial charge in [-0.2, -0.15) is 0 Å². The van der Waals surface area contributed by atoms with Gasteiger partial charge in [0, 0.05) is 0 Å². The first-order valence-corrected chi connectivity index (χ1v) is 20.5. The summed E-state index contributed by atoms with van der Waals surface area (Å²) < 4.78 is 52.2. The van der Waals surface area contributed by atoms with Crippen molar-refractivity contribution in [2.75, 3.05) is 146 Å². The Balaban J connectivity index is 6.46. The molecule has 6 N–H and O–H groups in total. The van der Waals surface area contributed by atoms with Gasteiger partial charge in [0.2, 0.25) is 35.4 Å². The Bertz CT molecular complexity index is 1370. The molecular formula is C42H68N6O19. The maximum Gasteiger partial charge on any atom is 0.245 e. The molecule has 0 saturated heterocycles. The van der Waals surface area contributed by atoms with Crippen LogP contribution in [0.15, 0.2) is 75.9 Å². The van der Waals surface area contributed by atoms with E-state index < -0.39 is 46.3 Å². The van der Waals surface area contributed by atoms with Gasteiger partial charge in [-0.25, -0.2) is 19.6 Å². The van der Waals surface area contributed by atoms with Gasteiger partial charge in [0.15, 0.2) is 13.5 Å². The molecule has 25 nitrogen and oxygen atoms in total. The van der Waals surface area contributed by atoms with Gasteiger partial charge in [-0.05, 0) is 36.5 Å². The maximum atomic E-state index is 11.7. The summed E-state index contributed by atoms with van der Waals surface area (Å²) in [5, 5.41) is 14.8. The highest BCUT2D eigenvalue weighted by molar-refractivity contribution is 5.88. The Morgan fingerprint density at radius 3 is 0.746 bits per heavy atom. The summed E-state index contributed by atoms with van der Waals surface area (Å²) >= 11 is 0. The monoisotopic (exact) mass is 960 g/mol. The van der Waals surface area contributed by atoms with Crippen LogP contribution in [0.2, 0.25) is 0 Å². The first-order valence-electron chi connectivity index (χ1n) is 20.5. The molecule has 0 heterocycles. The van der Waals surface area contributed by atoms with E-state index in [-0.39, 0.29) is 146 Å². The Hall–Kier alpha value is -5.26. The second-order valence-electron chi connectivity index (χ2n) is 13.4. The first-order chi connectivity index (χ1) is 32.4. The third kappa shape index (κ3) is 35.6. The van der Waals surface area contributed by atoms with Crippen LogP contribution in [0, 0.1) is 10.8 Å². The van der Waals surface area contributed by atoms with Gasteiger partial charge in [0.25, 0.3) is 0 Å². The summed E-state index contributed by atoms with van der Waals surface area (Å²) in [4.78, 5) is 90.8. The van der Waals surface area contributed by atoms with Crippen LogP contribution in [0.1, 0.15) is 0 Å². The predicted octanol–water partition coefficient (Wildman–Crippen LogP) is -1.44. The van der Waals surface area contributed by atoms with Crippen LogP contribution in [0.3, 0.4) is 0 Å². The fraction of sp³-hybridized carbons (Fsp3) is 0.571. The normalized spacial score (nSPS) is 11.1. The molecule has 0 aliphatic carbocycles. The number of carbonyl (C=O) groups excluding carboxylic acids is 6. The van der Waals surface area contributed by atoms with Gasteiger partial charge in [0.05, 0.1) is 117 Å². The van der Waals surface area contributed by atoms with Gasteiger partial charge >= 0.3 is 0 Å². The molecule has 0 unspecified atom stereocenters. The van der Waals surface area contributed by atoms with E-state index in [1.54, 1.807) is 0 Å². The minimum absolute atomic E-state index is 0.0235. The molecule has 0 fully saturated rings. The minimum atomic E-state index is -1.26. The highest BCUT2D eigenvalue weighted by Crippen LogP contribution is 2.26. The van der Waals surface area contributed by atoms with Crippen LogP contribution >= 0.6 is 0 Å². The average molecular weight is 961 g/mol. The van der Waals surface area contributed by atoms with Crippen molar-refractivity contribution in [3.05, 3.63) is 75.9 Å². The molecule has 6 amide bonds. The lowest BCUT2D eigenvalue weighted by Gasteiger charge is -2.36. The molecule has 0 rings (SSSR count). The van der Waals surface area contributed by atoms with Gasteiger partial charge in [-0.3, -0.25) is 28.8 Å². The molecular weight excluding hydrogens is 892 g/mol. The van der Waals surface area contributed by atoms with Crippen molar-refractivity contribution in [2.45, 2.75) is 0 Å². The van der Waals surface area contributed by atoms with Crippen molar-refractivity contribution in [1.29, 1.82) is 0 Å². The topological polar surface area (TPSA) is 295 Å². The van der Waals surface area contributed by atoms with Crippen molar-refractivity contribution in [2.24, 2.45) is 10.8 Å². The highest BCUT2D eigenvalue weighted by atomic mass is 17.2. The fourth-order valence-corrected chi connectivity index (χ4v) is 4.44. The van der Waals surface area contributed by atoms with Crippen molar-refractivity contribution in [3.63, 3.8) is 0 Å². The van der Waals surface area contributed by atoms with Crippen LogP contribution in [-0.4, -0.2) is 182 Å². The maximum absolute atomic E-state index is 11.7. The Morgan fingerprint density at radius 1 is 0.284 bits per heavy atom. The molecule has 67 heavy (non-hydrogen) atoms. The smallest absolute Gasteiger partial charge is 0.245 e. The summed E-state index contributed by atoms with van der Waals surface area (Å²) in [6.45, 7) is 18.7. The van der Waals surface area contributed by atoms with E-state index in [1.165, 1.54) is 0 Å². The molecule has 0 aromatic rings. The number of ether oxygens (including phenoxy) is 9. The van der Waals surface area contributed by atoms with Crippen LogP contribution < -0.4 is 31.9 Å². The molecule has 0 aliphatic heterocycles. The summed E-state index contributed by atoms with van der Waals surface area (Å²) in [6, 6.07) is 0. The van der Waals surface area contributed by atoms with E-state index in [1.807, 2.05) is 0 Å². The number of amides is 6. The van der Waals surface area contributed by atoms with E-state index in [0.29, 0.717) is 0 Å². The quantitative estimate of drug-likeness (QED) is 0.0134. The summed E-state index contributed by atoms with van der Waals surface area (Å²) in [5.41, 5.74) is -2.33. The second kappa shape index (κ2) is 42.1. The van der Waals surface area contributed by atoms with Crippen molar-refractivity contribution >= 4 is 35.4 Å². The van der Waals surface area contributed by atoms with E-state index in [2.05, 4.69) is 71.4 Å². The predicted molar refractivity (Wildman–Crippen MR) is 236 cm³/mol. The van der Waals surface area contributed by atoms with Gasteiger partial charge in [-0.15, -0.1) is 0 Å². The molecule has 0 spiro atoms. The average Bonchev–Trinajstić information content (AvgIpc) is 3.33. The van der Waals surface area contributed by atoms with Crippen LogP contribution in [0.4, 0.5) is 0 Å². The van der Waals surface area contributed by atoms with Crippen molar-refractivity contribution in [3.8, 4) is 0 Å². The number of rotatable bonds is 48. The summed E-state index contributed by atoms with van der Waals surface area (Å²) in [5.74, 6) is -2.71. The minimum Gasteiger partial charge on any atom is -0.380 e. The molecule has 0 aliphatic rings. The van der Waals surface area contributed by atoms with Gasteiger partial charge in [0.1, 0.15) is 26.9 Å². The number of hydrogen-bond donors (Lipinski definition) is 6. The third-order valence-electron chi connectivity index (χ3n) is 7.95. The number of nitrogens with one attached hydrogen (secondary N) is 6. The third-order valence-corrected chi connectivity index (χ3v) is 7.95. The molecule has 0 atom stereocenters. The van der Waals surface area contributed by atoms with Crippen LogP contribution in [0.5, 0.6) is 0 Å². The van der Waals surface area contributed by atoms with E-state index in [4.69, 9.17) is 62.2 Å². The fourth-order valence-electron chi connectivity index (χ4n) is 4.44. The van der Waals surface area contributed by atoms with Gasteiger partial charge < -0.3 is 74.5 Å². The van der Waals surface area contributed by atoms with Crippen LogP contribution in [-0.2, 0) is 90.9 Å². The van der Waals surface area contributed by atoms with Crippen LogP contribution in [0.25, 0.3) is 0 Å². The SMILES string of the molecule is C=CC(=O)NCOCCOCC(COCCOCNC(=O)C=C)(COCCOCNC(=O)C=C)COCC(COCCOCNC(=O)C=C)(COOCNC(=O)C=C)COOCNC(=O)C=C. The van der Waals surface area contributed by atoms with Crippen molar-refractivity contribution in [1.82, 2.24) is 31.9 Å². The Labute approximate surface area is 390 Å². The molecule has 0 aromatic heterocycles. The molecule has 0 bridgehead atoms. The lowest BCUT2D eigenvalue weighted by molar-refractivity contribution is -0.351. The summed E-state index contributed by atoms with van der Waals surface area (Å²) in [6.07, 6.45) is 6.51.